The number of carbonyl (C=O) groups is 3. The van der Waals surface area contributed by atoms with Crippen LogP contribution in [0.15, 0.2) is 28.1 Å². The highest BCUT2D eigenvalue weighted by molar-refractivity contribution is 7.09. The van der Waals surface area contributed by atoms with Gasteiger partial charge in [-0.3, -0.25) is 14.4 Å². The molecule has 0 atom stereocenters. The molecule has 0 fully saturated rings. The minimum atomic E-state index is -0.859. The van der Waals surface area contributed by atoms with Gasteiger partial charge < -0.3 is 20.5 Å². The topological polar surface area (TPSA) is 113 Å². The average molecular weight is 336 g/mol. The number of thiophene rings is 1. The van der Waals surface area contributed by atoms with Crippen LogP contribution in [0.5, 0.6) is 0 Å². The SMILES string of the molecule is Cc1cc(NC(=O)CNC(=O)C(=O)NCCc2cccs2)no1. The molecule has 0 saturated carbocycles. The maximum absolute atomic E-state index is 11.6. The van der Waals surface area contributed by atoms with Crippen LogP contribution in [0.1, 0.15) is 10.6 Å². The lowest BCUT2D eigenvalue weighted by Gasteiger charge is -2.05. The van der Waals surface area contributed by atoms with Gasteiger partial charge in [0.05, 0.1) is 6.54 Å². The van der Waals surface area contributed by atoms with Gasteiger partial charge in [-0.15, -0.1) is 11.3 Å². The highest BCUT2D eigenvalue weighted by Gasteiger charge is 2.14. The number of rotatable bonds is 6. The molecule has 9 heteroatoms. The van der Waals surface area contributed by atoms with Gasteiger partial charge in [0.15, 0.2) is 5.82 Å². The second kappa shape index (κ2) is 8.08. The van der Waals surface area contributed by atoms with Crippen molar-refractivity contribution in [2.24, 2.45) is 0 Å². The van der Waals surface area contributed by atoms with Gasteiger partial charge in [0.1, 0.15) is 5.76 Å². The van der Waals surface area contributed by atoms with E-state index in [4.69, 9.17) is 4.52 Å². The Hall–Kier alpha value is -2.68. The summed E-state index contributed by atoms with van der Waals surface area (Å²) in [6.45, 7) is 1.71. The van der Waals surface area contributed by atoms with Crippen molar-refractivity contribution in [2.45, 2.75) is 13.3 Å². The molecule has 2 rings (SSSR count). The Morgan fingerprint density at radius 2 is 2.04 bits per heavy atom. The number of anilines is 1. The third kappa shape index (κ3) is 5.55. The number of amides is 3. The molecule has 0 spiro atoms. The van der Waals surface area contributed by atoms with Crippen molar-refractivity contribution in [2.75, 3.05) is 18.4 Å². The summed E-state index contributed by atoms with van der Waals surface area (Å²) in [7, 11) is 0. The van der Waals surface area contributed by atoms with Gasteiger partial charge in [0, 0.05) is 17.5 Å². The molecule has 8 nitrogen and oxygen atoms in total. The van der Waals surface area contributed by atoms with Gasteiger partial charge in [0.25, 0.3) is 0 Å². The van der Waals surface area contributed by atoms with E-state index in [1.807, 2.05) is 17.5 Å². The van der Waals surface area contributed by atoms with E-state index >= 15 is 0 Å². The van der Waals surface area contributed by atoms with Gasteiger partial charge in [-0.05, 0) is 24.8 Å². The highest BCUT2D eigenvalue weighted by Crippen LogP contribution is 2.08. The maximum Gasteiger partial charge on any atom is 0.309 e. The molecule has 2 aromatic rings. The molecule has 0 saturated heterocycles. The van der Waals surface area contributed by atoms with Crippen LogP contribution in [0.25, 0.3) is 0 Å². The average Bonchev–Trinajstić information content (AvgIpc) is 3.16. The van der Waals surface area contributed by atoms with Crippen LogP contribution in [0.2, 0.25) is 0 Å². The van der Waals surface area contributed by atoms with Crippen LogP contribution >= 0.6 is 11.3 Å². The van der Waals surface area contributed by atoms with E-state index in [2.05, 4.69) is 21.1 Å². The second-order valence-electron chi connectivity index (χ2n) is 4.64. The molecule has 3 N–H and O–H groups in total. The number of aryl methyl sites for hydroxylation is 1. The van der Waals surface area contributed by atoms with Crippen LogP contribution in [0.3, 0.4) is 0 Å². The van der Waals surface area contributed by atoms with Crippen molar-refractivity contribution in [1.82, 2.24) is 15.8 Å². The fourth-order valence-electron chi connectivity index (χ4n) is 1.69. The molecule has 122 valence electrons. The summed E-state index contributed by atoms with van der Waals surface area (Å²) in [5, 5.41) is 12.7. The zero-order valence-electron chi connectivity index (χ0n) is 12.4. The van der Waals surface area contributed by atoms with Gasteiger partial charge in [-0.25, -0.2) is 0 Å². The molecule has 0 unspecified atom stereocenters. The van der Waals surface area contributed by atoms with E-state index in [1.165, 1.54) is 6.07 Å². The zero-order chi connectivity index (χ0) is 16.7. The Balaban J connectivity index is 1.65. The van der Waals surface area contributed by atoms with Gasteiger partial charge in [-0.1, -0.05) is 11.2 Å². The van der Waals surface area contributed by atoms with Crippen LogP contribution in [0, 0.1) is 6.92 Å². The molecule has 3 amide bonds. The van der Waals surface area contributed by atoms with Gasteiger partial charge in [-0.2, -0.15) is 0 Å². The van der Waals surface area contributed by atoms with Crippen molar-refractivity contribution in [3.05, 3.63) is 34.2 Å². The van der Waals surface area contributed by atoms with Crippen molar-refractivity contribution in [3.63, 3.8) is 0 Å². The predicted molar refractivity (Wildman–Crippen MR) is 83.9 cm³/mol. The minimum absolute atomic E-state index is 0.252. The number of hydrogen-bond acceptors (Lipinski definition) is 6. The largest absolute Gasteiger partial charge is 0.360 e. The zero-order valence-corrected chi connectivity index (χ0v) is 13.2. The molecule has 0 radical (unpaired) electrons. The summed E-state index contributed by atoms with van der Waals surface area (Å²) in [4.78, 5) is 35.8. The minimum Gasteiger partial charge on any atom is -0.360 e. The molecule has 0 bridgehead atoms. The van der Waals surface area contributed by atoms with E-state index in [0.29, 0.717) is 18.7 Å². The predicted octanol–water partition coefficient (Wildman–Crippen LogP) is 0.458. The Kier molecular flexibility index (Phi) is 5.87. The summed E-state index contributed by atoms with van der Waals surface area (Å²) in [5.74, 6) is -1.33. The first-order valence-corrected chi connectivity index (χ1v) is 7.74. The van der Waals surface area contributed by atoms with Crippen LogP contribution < -0.4 is 16.0 Å². The van der Waals surface area contributed by atoms with Crippen LogP contribution in [-0.2, 0) is 20.8 Å². The Morgan fingerprint density at radius 1 is 1.26 bits per heavy atom. The quantitative estimate of drug-likeness (QED) is 0.663. The molecule has 0 aromatic carbocycles. The lowest BCUT2D eigenvalue weighted by atomic mass is 10.3. The molecule has 23 heavy (non-hydrogen) atoms. The van der Waals surface area contributed by atoms with Gasteiger partial charge in [0.2, 0.25) is 5.91 Å². The van der Waals surface area contributed by atoms with E-state index < -0.39 is 17.7 Å². The van der Waals surface area contributed by atoms with E-state index in [9.17, 15) is 14.4 Å². The van der Waals surface area contributed by atoms with E-state index in [1.54, 1.807) is 18.3 Å². The third-order valence-corrected chi connectivity index (χ3v) is 3.68. The number of hydrogen-bond donors (Lipinski definition) is 3. The molecule has 2 aromatic heterocycles. The first-order valence-electron chi connectivity index (χ1n) is 6.86. The highest BCUT2D eigenvalue weighted by atomic mass is 32.1. The summed E-state index contributed by atoms with van der Waals surface area (Å²) in [6.07, 6.45) is 0.655. The lowest BCUT2D eigenvalue weighted by molar-refractivity contribution is -0.139. The van der Waals surface area contributed by atoms with Crippen molar-refractivity contribution in [3.8, 4) is 0 Å². The summed E-state index contributed by atoms with van der Waals surface area (Å²) < 4.78 is 4.79. The smallest absolute Gasteiger partial charge is 0.309 e. The first-order chi connectivity index (χ1) is 11.0. The Labute approximate surface area is 136 Å². The summed E-state index contributed by atoms with van der Waals surface area (Å²) >= 11 is 1.58. The lowest BCUT2D eigenvalue weighted by Crippen LogP contribution is -2.43. The van der Waals surface area contributed by atoms with E-state index in [-0.39, 0.29) is 12.4 Å². The summed E-state index contributed by atoms with van der Waals surface area (Å²) in [6, 6.07) is 5.41. The number of carbonyl (C=O) groups excluding carboxylic acids is 3. The molecule has 0 aliphatic heterocycles. The van der Waals surface area contributed by atoms with Gasteiger partial charge >= 0.3 is 11.8 Å². The van der Waals surface area contributed by atoms with Crippen molar-refractivity contribution in [1.29, 1.82) is 0 Å². The van der Waals surface area contributed by atoms with Crippen LogP contribution in [-0.4, -0.2) is 36.0 Å². The second-order valence-corrected chi connectivity index (χ2v) is 5.67. The molecular formula is C14H16N4O4S. The normalized spacial score (nSPS) is 10.1. The number of nitrogens with zero attached hydrogens (tertiary/aromatic N) is 1. The fraction of sp³-hybridized carbons (Fsp3) is 0.286. The number of aromatic nitrogens is 1. The Bertz CT molecular complexity index is 681. The molecular weight excluding hydrogens is 320 g/mol. The summed E-state index contributed by atoms with van der Waals surface area (Å²) in [5.41, 5.74) is 0. The molecule has 0 aliphatic carbocycles. The third-order valence-electron chi connectivity index (χ3n) is 2.75. The van der Waals surface area contributed by atoms with Crippen molar-refractivity contribution >= 4 is 34.9 Å². The van der Waals surface area contributed by atoms with Crippen LogP contribution in [0.4, 0.5) is 5.82 Å². The fourth-order valence-corrected chi connectivity index (χ4v) is 2.40. The van der Waals surface area contributed by atoms with Crippen molar-refractivity contribution < 1.29 is 18.9 Å². The Morgan fingerprint density at radius 3 is 2.70 bits per heavy atom. The van der Waals surface area contributed by atoms with E-state index in [0.717, 1.165) is 4.88 Å². The monoisotopic (exact) mass is 336 g/mol. The standard InChI is InChI=1S/C14H16N4O4S/c1-9-7-11(18-22-9)17-12(19)8-16-14(21)13(20)15-5-4-10-3-2-6-23-10/h2-3,6-7H,4-5,8H2,1H3,(H,15,20)(H,16,21)(H,17,18,19). The number of nitrogens with one attached hydrogen (secondary N) is 3. The molecule has 0 aliphatic rings. The first kappa shape index (κ1) is 16.7. The maximum atomic E-state index is 11.6. The molecule has 2 heterocycles.